The average molecular weight is 289 g/mol. The molecule has 0 bridgehead atoms. The molecule has 2 atom stereocenters. The summed E-state index contributed by atoms with van der Waals surface area (Å²) in [6.45, 7) is 7.12. The molecule has 1 aliphatic rings. The fourth-order valence-electron chi connectivity index (χ4n) is 3.07. The Balaban J connectivity index is 2.00. The standard InChI is InChI=1S/C17H27N3O/c1-3-9-19-15(17(18)21)8-10-20-12-13(2)11-14-6-4-5-7-16(14)20/h4-7,13,15,19H,3,8-12H2,1-2H3,(H2,18,21). The Morgan fingerprint density at radius 3 is 2.95 bits per heavy atom. The van der Waals surface area contributed by atoms with Gasteiger partial charge in [-0.15, -0.1) is 0 Å². The number of hydrogen-bond donors (Lipinski definition) is 2. The zero-order valence-corrected chi connectivity index (χ0v) is 13.1. The monoisotopic (exact) mass is 289 g/mol. The van der Waals surface area contributed by atoms with E-state index in [0.29, 0.717) is 5.92 Å². The van der Waals surface area contributed by atoms with Gasteiger partial charge in [0, 0.05) is 18.8 Å². The van der Waals surface area contributed by atoms with Crippen molar-refractivity contribution in [3.8, 4) is 0 Å². The van der Waals surface area contributed by atoms with E-state index in [1.165, 1.54) is 11.3 Å². The van der Waals surface area contributed by atoms with Crippen LogP contribution < -0.4 is 16.0 Å². The van der Waals surface area contributed by atoms with Crippen LogP contribution >= 0.6 is 0 Å². The number of nitrogens with zero attached hydrogens (tertiary/aromatic N) is 1. The molecule has 0 saturated carbocycles. The van der Waals surface area contributed by atoms with Gasteiger partial charge < -0.3 is 16.0 Å². The summed E-state index contributed by atoms with van der Waals surface area (Å²) in [4.78, 5) is 13.9. The number of nitrogens with two attached hydrogens (primary N) is 1. The molecule has 4 nitrogen and oxygen atoms in total. The summed E-state index contributed by atoms with van der Waals surface area (Å²) < 4.78 is 0. The van der Waals surface area contributed by atoms with Crippen molar-refractivity contribution in [1.82, 2.24) is 5.32 Å². The molecular weight excluding hydrogens is 262 g/mol. The van der Waals surface area contributed by atoms with Crippen molar-refractivity contribution >= 4 is 11.6 Å². The van der Waals surface area contributed by atoms with E-state index < -0.39 is 0 Å². The number of fused-ring (bicyclic) bond motifs is 1. The van der Waals surface area contributed by atoms with Gasteiger partial charge in [-0.2, -0.15) is 0 Å². The van der Waals surface area contributed by atoms with Crippen LogP contribution in [0.1, 0.15) is 32.3 Å². The first kappa shape index (κ1) is 15.8. The van der Waals surface area contributed by atoms with Crippen molar-refractivity contribution < 1.29 is 4.79 Å². The molecule has 0 fully saturated rings. The molecule has 1 aliphatic heterocycles. The summed E-state index contributed by atoms with van der Waals surface area (Å²) in [5.74, 6) is 0.400. The summed E-state index contributed by atoms with van der Waals surface area (Å²) in [5.41, 5.74) is 8.22. The highest BCUT2D eigenvalue weighted by molar-refractivity contribution is 5.79. The topological polar surface area (TPSA) is 58.4 Å². The predicted octanol–water partition coefficient (Wildman–Crippen LogP) is 1.93. The molecule has 116 valence electrons. The number of nitrogens with one attached hydrogen (secondary N) is 1. The Hall–Kier alpha value is -1.55. The van der Waals surface area contributed by atoms with Gasteiger partial charge in [0.25, 0.3) is 0 Å². The van der Waals surface area contributed by atoms with Crippen LogP contribution in [0.2, 0.25) is 0 Å². The minimum atomic E-state index is -0.248. The first-order valence-electron chi connectivity index (χ1n) is 7.97. The van der Waals surface area contributed by atoms with Crippen LogP contribution in [0.15, 0.2) is 24.3 Å². The fourth-order valence-corrected chi connectivity index (χ4v) is 3.07. The zero-order valence-electron chi connectivity index (χ0n) is 13.1. The summed E-state index contributed by atoms with van der Waals surface area (Å²) in [6, 6.07) is 8.35. The number of primary amides is 1. The third kappa shape index (κ3) is 4.21. The van der Waals surface area contributed by atoms with E-state index >= 15 is 0 Å². The lowest BCUT2D eigenvalue weighted by Crippen LogP contribution is -2.45. The van der Waals surface area contributed by atoms with Crippen LogP contribution in [0.4, 0.5) is 5.69 Å². The Kier molecular flexibility index (Phi) is 5.62. The second kappa shape index (κ2) is 7.46. The third-order valence-electron chi connectivity index (χ3n) is 4.10. The second-order valence-corrected chi connectivity index (χ2v) is 6.08. The molecule has 0 aromatic heterocycles. The van der Waals surface area contributed by atoms with Crippen molar-refractivity contribution in [2.45, 2.75) is 39.2 Å². The molecule has 1 amide bonds. The smallest absolute Gasteiger partial charge is 0.234 e. The van der Waals surface area contributed by atoms with E-state index in [4.69, 9.17) is 5.73 Å². The highest BCUT2D eigenvalue weighted by Gasteiger charge is 2.23. The largest absolute Gasteiger partial charge is 0.371 e. The van der Waals surface area contributed by atoms with Gasteiger partial charge in [0.1, 0.15) is 0 Å². The number of amides is 1. The summed E-state index contributed by atoms with van der Waals surface area (Å²) >= 11 is 0. The highest BCUT2D eigenvalue weighted by Crippen LogP contribution is 2.29. The normalized spacial score (nSPS) is 19.1. The molecule has 2 unspecified atom stereocenters. The van der Waals surface area contributed by atoms with Gasteiger partial charge in [-0.3, -0.25) is 4.79 Å². The first-order valence-corrected chi connectivity index (χ1v) is 7.97. The van der Waals surface area contributed by atoms with Gasteiger partial charge in [0.05, 0.1) is 6.04 Å². The Morgan fingerprint density at radius 1 is 1.48 bits per heavy atom. The number of hydrogen-bond acceptors (Lipinski definition) is 3. The fraction of sp³-hybridized carbons (Fsp3) is 0.588. The molecule has 3 N–H and O–H groups in total. The minimum absolute atomic E-state index is 0.227. The zero-order chi connectivity index (χ0) is 15.2. The van der Waals surface area contributed by atoms with Gasteiger partial charge in [0.2, 0.25) is 5.91 Å². The molecule has 0 spiro atoms. The van der Waals surface area contributed by atoms with Gasteiger partial charge in [-0.1, -0.05) is 32.0 Å². The number of carbonyl (C=O) groups is 1. The Bertz CT molecular complexity index is 475. The predicted molar refractivity (Wildman–Crippen MR) is 87.4 cm³/mol. The SMILES string of the molecule is CCCNC(CCN1CC(C)Cc2ccccc21)C(N)=O. The van der Waals surface area contributed by atoms with Crippen LogP contribution in [0.25, 0.3) is 0 Å². The number of carbonyl (C=O) groups excluding carboxylic acids is 1. The maximum absolute atomic E-state index is 11.5. The average Bonchev–Trinajstić information content (AvgIpc) is 2.46. The lowest BCUT2D eigenvalue weighted by Gasteiger charge is -2.35. The first-order chi connectivity index (χ1) is 10.1. The molecule has 21 heavy (non-hydrogen) atoms. The summed E-state index contributed by atoms with van der Waals surface area (Å²) in [7, 11) is 0. The van der Waals surface area contributed by atoms with Crippen molar-refractivity contribution in [2.75, 3.05) is 24.5 Å². The van der Waals surface area contributed by atoms with Gasteiger partial charge in [-0.05, 0) is 43.4 Å². The maximum Gasteiger partial charge on any atom is 0.234 e. The molecule has 4 heteroatoms. The molecule has 1 aromatic carbocycles. The molecule has 0 saturated heterocycles. The van der Waals surface area contributed by atoms with E-state index in [-0.39, 0.29) is 11.9 Å². The van der Waals surface area contributed by atoms with Crippen molar-refractivity contribution in [2.24, 2.45) is 11.7 Å². The van der Waals surface area contributed by atoms with E-state index in [2.05, 4.69) is 48.3 Å². The number of benzene rings is 1. The second-order valence-electron chi connectivity index (χ2n) is 6.08. The van der Waals surface area contributed by atoms with Crippen LogP contribution in [-0.4, -0.2) is 31.6 Å². The van der Waals surface area contributed by atoms with Gasteiger partial charge in [0.15, 0.2) is 0 Å². The quantitative estimate of drug-likeness (QED) is 0.806. The maximum atomic E-state index is 11.5. The Labute approximate surface area is 127 Å². The summed E-state index contributed by atoms with van der Waals surface area (Å²) in [6.07, 6.45) is 2.91. The molecule has 1 heterocycles. The molecular formula is C17H27N3O. The number of anilines is 1. The van der Waals surface area contributed by atoms with Gasteiger partial charge >= 0.3 is 0 Å². The molecule has 2 rings (SSSR count). The van der Waals surface area contributed by atoms with Crippen LogP contribution in [-0.2, 0) is 11.2 Å². The van der Waals surface area contributed by atoms with Crippen LogP contribution in [0.3, 0.4) is 0 Å². The molecule has 1 aromatic rings. The van der Waals surface area contributed by atoms with E-state index in [1.807, 2.05) is 0 Å². The van der Waals surface area contributed by atoms with Crippen LogP contribution in [0, 0.1) is 5.92 Å². The van der Waals surface area contributed by atoms with E-state index in [9.17, 15) is 4.79 Å². The van der Waals surface area contributed by atoms with Crippen molar-refractivity contribution in [1.29, 1.82) is 0 Å². The van der Waals surface area contributed by atoms with Crippen molar-refractivity contribution in [3.63, 3.8) is 0 Å². The van der Waals surface area contributed by atoms with Gasteiger partial charge in [-0.25, -0.2) is 0 Å². The van der Waals surface area contributed by atoms with Crippen molar-refractivity contribution in [3.05, 3.63) is 29.8 Å². The molecule has 0 aliphatic carbocycles. The summed E-state index contributed by atoms with van der Waals surface area (Å²) in [5, 5.41) is 3.24. The minimum Gasteiger partial charge on any atom is -0.371 e. The highest BCUT2D eigenvalue weighted by atomic mass is 16.1. The lowest BCUT2D eigenvalue weighted by atomic mass is 9.93. The molecule has 0 radical (unpaired) electrons. The van der Waals surface area contributed by atoms with E-state index in [1.54, 1.807) is 0 Å². The Morgan fingerprint density at radius 2 is 2.24 bits per heavy atom. The number of para-hydroxylation sites is 1. The lowest BCUT2D eigenvalue weighted by molar-refractivity contribution is -0.120. The third-order valence-corrected chi connectivity index (χ3v) is 4.10. The van der Waals surface area contributed by atoms with E-state index in [0.717, 1.165) is 38.9 Å². The van der Waals surface area contributed by atoms with Crippen LogP contribution in [0.5, 0.6) is 0 Å². The number of rotatable bonds is 7.